The van der Waals surface area contributed by atoms with E-state index in [-0.39, 0.29) is 24.2 Å². The van der Waals surface area contributed by atoms with Gasteiger partial charge in [-0.05, 0) is 38.2 Å². The largest absolute Gasteiger partial charge is 0.363 e. The molecule has 1 aromatic rings. The van der Waals surface area contributed by atoms with Gasteiger partial charge in [-0.15, -0.1) is 0 Å². The second-order valence-electron chi connectivity index (χ2n) is 7.19. The topological polar surface area (TPSA) is 32.8 Å². The van der Waals surface area contributed by atoms with Crippen LogP contribution >= 0.6 is 0 Å². The lowest BCUT2D eigenvalue weighted by atomic mass is 9.82. The third kappa shape index (κ3) is 3.65. The summed E-state index contributed by atoms with van der Waals surface area (Å²) in [6.45, 7) is 8.64. The highest BCUT2D eigenvalue weighted by Crippen LogP contribution is 2.35. The maximum Gasteiger partial charge on any atom is 0.248 e. The van der Waals surface area contributed by atoms with Crippen LogP contribution in [0.5, 0.6) is 0 Å². The number of nitrogens with zero attached hydrogens (tertiary/aromatic N) is 2. The Kier molecular flexibility index (Phi) is 5.57. The molecule has 2 heterocycles. The zero-order chi connectivity index (χ0) is 17.0. The molecule has 4 heteroatoms. The molecule has 2 fully saturated rings. The lowest BCUT2D eigenvalue weighted by Crippen LogP contribution is -2.64. The Morgan fingerprint density at radius 1 is 1.17 bits per heavy atom. The first-order valence-electron chi connectivity index (χ1n) is 9.34. The Bertz CT molecular complexity index is 538. The second kappa shape index (κ2) is 7.66. The van der Waals surface area contributed by atoms with Gasteiger partial charge >= 0.3 is 0 Å². The van der Waals surface area contributed by atoms with Crippen molar-refractivity contribution in [2.45, 2.75) is 51.2 Å². The summed E-state index contributed by atoms with van der Waals surface area (Å²) in [6, 6.07) is 10.9. The van der Waals surface area contributed by atoms with E-state index in [9.17, 15) is 4.79 Å². The predicted molar refractivity (Wildman–Crippen MR) is 96.0 cm³/mol. The molecule has 1 aromatic carbocycles. The van der Waals surface area contributed by atoms with E-state index in [0.29, 0.717) is 0 Å². The Labute approximate surface area is 145 Å². The lowest BCUT2D eigenvalue weighted by molar-refractivity contribution is -0.186. The van der Waals surface area contributed by atoms with Gasteiger partial charge in [0.25, 0.3) is 0 Å². The van der Waals surface area contributed by atoms with Crippen molar-refractivity contribution in [1.29, 1.82) is 0 Å². The maximum absolute atomic E-state index is 12.1. The molecule has 0 saturated carbocycles. The Morgan fingerprint density at radius 3 is 2.54 bits per heavy atom. The first kappa shape index (κ1) is 17.4. The van der Waals surface area contributed by atoms with Crippen molar-refractivity contribution in [3.8, 4) is 0 Å². The van der Waals surface area contributed by atoms with Gasteiger partial charge in [0, 0.05) is 26.2 Å². The van der Waals surface area contributed by atoms with Crippen LogP contribution in [0.3, 0.4) is 0 Å². The van der Waals surface area contributed by atoms with Crippen LogP contribution in [0.1, 0.15) is 38.7 Å². The molecule has 3 rings (SSSR count). The maximum atomic E-state index is 12.1. The zero-order valence-corrected chi connectivity index (χ0v) is 15.0. The lowest BCUT2D eigenvalue weighted by Gasteiger charge is -2.51. The fourth-order valence-corrected chi connectivity index (χ4v) is 4.12. The molecule has 24 heavy (non-hydrogen) atoms. The van der Waals surface area contributed by atoms with E-state index in [1.165, 1.54) is 5.56 Å². The minimum Gasteiger partial charge on any atom is -0.363 e. The summed E-state index contributed by atoms with van der Waals surface area (Å²) in [6.07, 6.45) is 4.16. The molecule has 1 atom stereocenters. The quantitative estimate of drug-likeness (QED) is 0.832. The molecule has 4 nitrogen and oxygen atoms in total. The number of amides is 1. The number of ether oxygens (including phenoxy) is 1. The fourth-order valence-electron chi connectivity index (χ4n) is 4.12. The predicted octanol–water partition coefficient (Wildman–Crippen LogP) is 2.72. The van der Waals surface area contributed by atoms with Crippen molar-refractivity contribution in [1.82, 2.24) is 9.80 Å². The van der Waals surface area contributed by atoms with Crippen LogP contribution in [0, 0.1) is 0 Å². The number of rotatable bonds is 5. The number of hydrogen-bond donors (Lipinski definition) is 0. The number of carbonyl (C=O) groups is 1. The molecule has 0 N–H and O–H groups in total. The molecule has 2 aliphatic heterocycles. The summed E-state index contributed by atoms with van der Waals surface area (Å²) in [5.74, 6) is 0.154. The molecular weight excluding hydrogens is 300 g/mol. The minimum atomic E-state index is -0.133. The van der Waals surface area contributed by atoms with Gasteiger partial charge < -0.3 is 14.5 Å². The average molecular weight is 330 g/mol. The zero-order valence-electron chi connectivity index (χ0n) is 15.0. The van der Waals surface area contributed by atoms with Crippen LogP contribution in [0.15, 0.2) is 30.3 Å². The summed E-state index contributed by atoms with van der Waals surface area (Å²) in [7, 11) is 0. The summed E-state index contributed by atoms with van der Waals surface area (Å²) < 4.78 is 6.10. The number of benzene rings is 1. The van der Waals surface area contributed by atoms with Crippen molar-refractivity contribution >= 4 is 5.91 Å². The minimum absolute atomic E-state index is 0.133. The van der Waals surface area contributed by atoms with Crippen molar-refractivity contribution < 1.29 is 9.53 Å². The SMILES string of the molecule is CCCN1C(=O)COC2(CCN(CCc3ccccc3)CC2)C1C. The second-order valence-corrected chi connectivity index (χ2v) is 7.19. The van der Waals surface area contributed by atoms with Gasteiger partial charge in [0.05, 0.1) is 11.6 Å². The molecule has 0 aliphatic carbocycles. The molecule has 0 aromatic heterocycles. The Hall–Kier alpha value is -1.39. The summed E-state index contributed by atoms with van der Waals surface area (Å²) in [4.78, 5) is 16.7. The van der Waals surface area contributed by atoms with E-state index < -0.39 is 0 Å². The van der Waals surface area contributed by atoms with Gasteiger partial charge in [0.2, 0.25) is 5.91 Å². The fraction of sp³-hybridized carbons (Fsp3) is 0.650. The van der Waals surface area contributed by atoms with Crippen molar-refractivity contribution in [3.05, 3.63) is 35.9 Å². The van der Waals surface area contributed by atoms with E-state index in [0.717, 1.165) is 51.9 Å². The van der Waals surface area contributed by atoms with Crippen molar-refractivity contribution in [2.24, 2.45) is 0 Å². The number of likely N-dealkylation sites (tertiary alicyclic amines) is 1. The van der Waals surface area contributed by atoms with Gasteiger partial charge in [-0.25, -0.2) is 0 Å². The van der Waals surface area contributed by atoms with E-state index in [1.807, 2.05) is 4.90 Å². The number of morpholine rings is 1. The van der Waals surface area contributed by atoms with Crippen molar-refractivity contribution in [2.75, 3.05) is 32.8 Å². The highest BCUT2D eigenvalue weighted by Gasteiger charge is 2.47. The van der Waals surface area contributed by atoms with E-state index >= 15 is 0 Å². The molecule has 0 bridgehead atoms. The van der Waals surface area contributed by atoms with Crippen LogP contribution in [0.2, 0.25) is 0 Å². The van der Waals surface area contributed by atoms with Crippen molar-refractivity contribution in [3.63, 3.8) is 0 Å². The molecule has 132 valence electrons. The van der Waals surface area contributed by atoms with E-state index in [1.54, 1.807) is 0 Å². The van der Waals surface area contributed by atoms with E-state index in [4.69, 9.17) is 4.74 Å². The standard InChI is InChI=1S/C20H30N2O2/c1-3-12-22-17(2)20(24-16-19(22)23)10-14-21(15-11-20)13-9-18-7-5-4-6-8-18/h4-8,17H,3,9-16H2,1-2H3. The molecule has 1 unspecified atom stereocenters. The number of hydrogen-bond acceptors (Lipinski definition) is 3. The highest BCUT2D eigenvalue weighted by molar-refractivity contribution is 5.78. The normalized spacial score (nSPS) is 24.5. The third-order valence-corrected chi connectivity index (χ3v) is 5.76. The van der Waals surface area contributed by atoms with Gasteiger partial charge in [0.1, 0.15) is 6.61 Å². The van der Waals surface area contributed by atoms with Crippen LogP contribution in [-0.2, 0) is 16.0 Å². The third-order valence-electron chi connectivity index (χ3n) is 5.76. The Morgan fingerprint density at radius 2 is 1.88 bits per heavy atom. The summed E-state index contributed by atoms with van der Waals surface area (Å²) in [5.41, 5.74) is 1.27. The molecular formula is C20H30N2O2. The molecule has 2 saturated heterocycles. The molecule has 1 amide bonds. The monoisotopic (exact) mass is 330 g/mol. The van der Waals surface area contributed by atoms with E-state index in [2.05, 4.69) is 49.1 Å². The van der Waals surface area contributed by atoms with Crippen LogP contribution in [0.25, 0.3) is 0 Å². The first-order chi connectivity index (χ1) is 11.6. The average Bonchev–Trinajstić information content (AvgIpc) is 2.63. The van der Waals surface area contributed by atoms with Crippen LogP contribution < -0.4 is 0 Å². The van der Waals surface area contributed by atoms with Gasteiger partial charge in [0.15, 0.2) is 0 Å². The smallest absolute Gasteiger partial charge is 0.248 e. The van der Waals surface area contributed by atoms with Crippen LogP contribution in [0.4, 0.5) is 0 Å². The number of piperidine rings is 1. The van der Waals surface area contributed by atoms with Gasteiger partial charge in [-0.1, -0.05) is 37.3 Å². The van der Waals surface area contributed by atoms with Gasteiger partial charge in [-0.2, -0.15) is 0 Å². The van der Waals surface area contributed by atoms with Gasteiger partial charge in [-0.3, -0.25) is 4.79 Å². The molecule has 1 spiro atoms. The Balaban J connectivity index is 1.54. The summed E-state index contributed by atoms with van der Waals surface area (Å²) >= 11 is 0. The highest BCUT2D eigenvalue weighted by atomic mass is 16.5. The molecule has 0 radical (unpaired) electrons. The number of carbonyl (C=O) groups excluding carboxylic acids is 1. The molecule has 2 aliphatic rings. The summed E-state index contributed by atoms with van der Waals surface area (Å²) in [5, 5.41) is 0. The van der Waals surface area contributed by atoms with Crippen LogP contribution in [-0.4, -0.2) is 60.1 Å². The first-order valence-corrected chi connectivity index (χ1v) is 9.34.